The fourth-order valence-electron chi connectivity index (χ4n) is 4.37. The van der Waals surface area contributed by atoms with Gasteiger partial charge in [-0.05, 0) is 34.7 Å². The van der Waals surface area contributed by atoms with Crippen LogP contribution in [0, 0.1) is 5.92 Å². The Morgan fingerprint density at radius 3 is 2.31 bits per heavy atom. The fraction of sp³-hybridized carbons (Fsp3) is 0.346. The van der Waals surface area contributed by atoms with Gasteiger partial charge >= 0.3 is 6.09 Å². The van der Waals surface area contributed by atoms with Crippen molar-refractivity contribution in [1.82, 2.24) is 20.2 Å². The molecule has 5 N–H and O–H groups in total. The van der Waals surface area contributed by atoms with E-state index in [4.69, 9.17) is 5.73 Å². The van der Waals surface area contributed by atoms with Crippen LogP contribution in [0.25, 0.3) is 22.4 Å². The topological polar surface area (TPSA) is 134 Å². The SMILES string of the molecule is COC(=O)N[C@H](C(=O)N1C[C@@H](O)C[C@H]1c1ncc(-c2ccc(-c3ccc(N)cc3)cc2)[nH]1)C(C)C. The van der Waals surface area contributed by atoms with E-state index in [2.05, 4.69) is 20.0 Å². The highest BCUT2D eigenvalue weighted by Gasteiger charge is 2.40. The first kappa shape index (κ1) is 24.3. The second-order valence-corrected chi connectivity index (χ2v) is 9.14. The van der Waals surface area contributed by atoms with Crippen LogP contribution in [0.3, 0.4) is 0 Å². The molecule has 0 bridgehead atoms. The van der Waals surface area contributed by atoms with Crippen molar-refractivity contribution < 1.29 is 19.4 Å². The number of benzene rings is 2. The summed E-state index contributed by atoms with van der Waals surface area (Å²) in [5.41, 5.74) is 10.4. The van der Waals surface area contributed by atoms with Gasteiger partial charge in [-0.1, -0.05) is 50.2 Å². The maximum atomic E-state index is 13.3. The van der Waals surface area contributed by atoms with Gasteiger partial charge in [0.15, 0.2) is 0 Å². The standard InChI is InChI=1S/C26H31N5O4/c1-15(2)23(30-26(34)35-3)25(33)31-14-20(32)12-22(31)24-28-13-21(29-24)18-6-4-16(5-7-18)17-8-10-19(27)11-9-17/h4-11,13,15,20,22-23,32H,12,14,27H2,1-3H3,(H,28,29)(H,30,34)/t20-,22-,23-/m0/s1. The van der Waals surface area contributed by atoms with Crippen molar-refractivity contribution in [1.29, 1.82) is 0 Å². The third-order valence-electron chi connectivity index (χ3n) is 6.30. The number of aromatic nitrogens is 2. The number of anilines is 1. The van der Waals surface area contributed by atoms with E-state index in [1.807, 2.05) is 62.4 Å². The summed E-state index contributed by atoms with van der Waals surface area (Å²) in [5.74, 6) is 0.151. The number of hydrogen-bond donors (Lipinski definition) is 4. The van der Waals surface area contributed by atoms with Crippen LogP contribution in [0.15, 0.2) is 54.7 Å². The number of nitrogens with one attached hydrogen (secondary N) is 2. The quantitative estimate of drug-likeness (QED) is 0.403. The molecular weight excluding hydrogens is 446 g/mol. The highest BCUT2D eigenvalue weighted by atomic mass is 16.5. The first-order valence-corrected chi connectivity index (χ1v) is 11.6. The second kappa shape index (κ2) is 10.2. The lowest BCUT2D eigenvalue weighted by molar-refractivity contribution is -0.135. The Labute approximate surface area is 204 Å². The molecule has 9 nitrogen and oxygen atoms in total. The number of likely N-dealkylation sites (tertiary alicyclic amines) is 1. The fourth-order valence-corrected chi connectivity index (χ4v) is 4.37. The number of alkyl carbamates (subject to hydrolysis) is 1. The van der Waals surface area contributed by atoms with Crippen LogP contribution in [0.1, 0.15) is 32.1 Å². The molecule has 1 aliphatic rings. The maximum absolute atomic E-state index is 13.3. The van der Waals surface area contributed by atoms with Gasteiger partial charge in [-0.2, -0.15) is 0 Å². The molecule has 3 atom stereocenters. The highest BCUT2D eigenvalue weighted by molar-refractivity contribution is 5.86. The lowest BCUT2D eigenvalue weighted by atomic mass is 10.0. The predicted octanol–water partition coefficient (Wildman–Crippen LogP) is 3.34. The van der Waals surface area contributed by atoms with Crippen LogP contribution >= 0.6 is 0 Å². The number of aliphatic hydroxyl groups is 1. The normalized spacial score (nSPS) is 18.5. The zero-order valence-corrected chi connectivity index (χ0v) is 20.1. The van der Waals surface area contributed by atoms with Crippen molar-refractivity contribution in [2.24, 2.45) is 5.92 Å². The molecule has 0 saturated carbocycles. The molecule has 2 amide bonds. The van der Waals surface area contributed by atoms with Crippen LogP contribution in [0.4, 0.5) is 10.5 Å². The molecule has 1 aromatic heterocycles. The number of carbonyl (C=O) groups excluding carboxylic acids is 2. The second-order valence-electron chi connectivity index (χ2n) is 9.14. The maximum Gasteiger partial charge on any atom is 0.407 e. The molecule has 1 aliphatic heterocycles. The molecule has 2 heterocycles. The number of imidazole rings is 1. The number of H-pyrrole nitrogens is 1. The number of nitrogens with two attached hydrogens (primary N) is 1. The van der Waals surface area contributed by atoms with E-state index in [0.29, 0.717) is 12.2 Å². The van der Waals surface area contributed by atoms with Gasteiger partial charge in [0.25, 0.3) is 0 Å². The average molecular weight is 478 g/mol. The van der Waals surface area contributed by atoms with Crippen LogP contribution in [0.5, 0.6) is 0 Å². The number of methoxy groups -OCH3 is 1. The Bertz CT molecular complexity index is 1170. The van der Waals surface area contributed by atoms with Crippen molar-refractivity contribution in [3.05, 3.63) is 60.6 Å². The van der Waals surface area contributed by atoms with E-state index in [1.54, 1.807) is 11.1 Å². The minimum absolute atomic E-state index is 0.160. The molecule has 0 spiro atoms. The van der Waals surface area contributed by atoms with Crippen LogP contribution in [-0.2, 0) is 9.53 Å². The summed E-state index contributed by atoms with van der Waals surface area (Å²) in [6, 6.07) is 14.6. The molecule has 4 rings (SSSR count). The molecule has 3 aromatic rings. The van der Waals surface area contributed by atoms with Crippen molar-refractivity contribution in [2.45, 2.75) is 38.5 Å². The molecule has 0 aliphatic carbocycles. The highest BCUT2D eigenvalue weighted by Crippen LogP contribution is 2.33. The molecule has 0 radical (unpaired) electrons. The smallest absolute Gasteiger partial charge is 0.407 e. The minimum atomic E-state index is -0.773. The van der Waals surface area contributed by atoms with Crippen LogP contribution < -0.4 is 11.1 Å². The van der Waals surface area contributed by atoms with Gasteiger partial charge in [-0.15, -0.1) is 0 Å². The van der Waals surface area contributed by atoms with E-state index >= 15 is 0 Å². The number of nitrogens with zero attached hydrogens (tertiary/aromatic N) is 2. The summed E-state index contributed by atoms with van der Waals surface area (Å²) >= 11 is 0. The average Bonchev–Trinajstić information content (AvgIpc) is 3.49. The number of nitrogen functional groups attached to an aromatic ring is 1. The summed E-state index contributed by atoms with van der Waals surface area (Å²) in [7, 11) is 1.26. The van der Waals surface area contributed by atoms with Crippen LogP contribution in [0.2, 0.25) is 0 Å². The molecule has 2 aromatic carbocycles. The molecular formula is C26H31N5O4. The number of ether oxygens (including phenoxy) is 1. The van der Waals surface area contributed by atoms with Crippen molar-refractivity contribution in [2.75, 3.05) is 19.4 Å². The number of aliphatic hydroxyl groups excluding tert-OH is 1. The summed E-state index contributed by atoms with van der Waals surface area (Å²) in [4.78, 5) is 34.5. The Balaban J connectivity index is 1.54. The lowest BCUT2D eigenvalue weighted by Gasteiger charge is -2.29. The Hall–Kier alpha value is -3.85. The van der Waals surface area contributed by atoms with Crippen LogP contribution in [-0.4, -0.2) is 57.8 Å². The van der Waals surface area contributed by atoms with Gasteiger partial charge in [-0.3, -0.25) is 4.79 Å². The number of amides is 2. The van der Waals surface area contributed by atoms with Crippen molar-refractivity contribution >= 4 is 17.7 Å². The van der Waals surface area contributed by atoms with E-state index in [-0.39, 0.29) is 18.4 Å². The van der Waals surface area contributed by atoms with E-state index in [0.717, 1.165) is 28.1 Å². The summed E-state index contributed by atoms with van der Waals surface area (Å²) in [6.07, 6.45) is 0.740. The van der Waals surface area contributed by atoms with E-state index in [1.165, 1.54) is 7.11 Å². The van der Waals surface area contributed by atoms with Gasteiger partial charge in [0, 0.05) is 18.7 Å². The number of rotatable bonds is 6. The number of hydrogen-bond acceptors (Lipinski definition) is 6. The zero-order chi connectivity index (χ0) is 25.1. The third-order valence-corrected chi connectivity index (χ3v) is 6.30. The summed E-state index contributed by atoms with van der Waals surface area (Å²) < 4.78 is 4.68. The van der Waals surface area contributed by atoms with Crippen molar-refractivity contribution in [3.8, 4) is 22.4 Å². The van der Waals surface area contributed by atoms with E-state index in [9.17, 15) is 14.7 Å². The number of β-amino-alcohol motifs (C(OH)–C–C–N with tert-alkyl or cyclic N) is 1. The third kappa shape index (κ3) is 5.30. The van der Waals surface area contributed by atoms with Gasteiger partial charge in [0.1, 0.15) is 11.9 Å². The summed E-state index contributed by atoms with van der Waals surface area (Å²) in [6.45, 7) is 3.86. The minimum Gasteiger partial charge on any atom is -0.453 e. The first-order chi connectivity index (χ1) is 16.8. The molecule has 35 heavy (non-hydrogen) atoms. The Morgan fingerprint density at radius 1 is 1.11 bits per heavy atom. The first-order valence-electron chi connectivity index (χ1n) is 11.6. The molecule has 1 saturated heterocycles. The van der Waals surface area contributed by atoms with Gasteiger partial charge < -0.3 is 30.8 Å². The molecule has 9 heteroatoms. The summed E-state index contributed by atoms with van der Waals surface area (Å²) in [5, 5.41) is 13.0. The predicted molar refractivity (Wildman–Crippen MR) is 133 cm³/mol. The molecule has 0 unspecified atom stereocenters. The molecule has 184 valence electrons. The molecule has 1 fully saturated rings. The van der Waals surface area contributed by atoms with Gasteiger partial charge in [0.2, 0.25) is 5.91 Å². The van der Waals surface area contributed by atoms with E-state index < -0.39 is 24.3 Å². The Morgan fingerprint density at radius 2 is 1.71 bits per heavy atom. The number of aromatic amines is 1. The van der Waals surface area contributed by atoms with Crippen molar-refractivity contribution in [3.63, 3.8) is 0 Å². The van der Waals surface area contributed by atoms with Gasteiger partial charge in [0.05, 0.1) is 31.1 Å². The lowest BCUT2D eigenvalue weighted by Crippen LogP contribution is -2.51. The van der Waals surface area contributed by atoms with Gasteiger partial charge in [-0.25, -0.2) is 9.78 Å². The number of carbonyl (C=O) groups is 2. The monoisotopic (exact) mass is 477 g/mol. The Kier molecular flexibility index (Phi) is 7.07. The largest absolute Gasteiger partial charge is 0.453 e. The zero-order valence-electron chi connectivity index (χ0n) is 20.1.